The number of hydrogen-bond acceptors (Lipinski definition) is 6. The number of hydrogen-bond donors (Lipinski definition) is 1. The minimum atomic E-state index is 0. The van der Waals surface area contributed by atoms with Crippen molar-refractivity contribution in [3.63, 3.8) is 0 Å². The molecule has 0 radical (unpaired) electrons. The molecule has 0 fully saturated rings. The van der Waals surface area contributed by atoms with E-state index >= 15 is 0 Å². The summed E-state index contributed by atoms with van der Waals surface area (Å²) in [6.07, 6.45) is 4.68. The fourth-order valence-electron chi connectivity index (χ4n) is 0.658. The predicted molar refractivity (Wildman–Crippen MR) is 37.9 cm³/mol. The highest BCUT2D eigenvalue weighted by molar-refractivity contribution is 5.66. The molecule has 3 N–H and O–H groups in total. The largest absolute Gasteiger partial charge is 0.344 e. The lowest BCUT2D eigenvalue weighted by molar-refractivity contribution is 0.880. The zero-order valence-electron chi connectivity index (χ0n) is 5.68. The molecule has 0 aliphatic rings. The van der Waals surface area contributed by atoms with Crippen LogP contribution in [0.2, 0.25) is 0 Å². The van der Waals surface area contributed by atoms with Crippen LogP contribution in [0.25, 0.3) is 11.2 Å². The summed E-state index contributed by atoms with van der Waals surface area (Å²) in [6.45, 7) is 0. The van der Waals surface area contributed by atoms with Crippen LogP contribution >= 0.6 is 0 Å². The lowest BCUT2D eigenvalue weighted by atomic mass is 10.5. The molecule has 0 aromatic carbocycles. The first-order valence-corrected chi connectivity index (χ1v) is 2.72. The first kappa shape index (κ1) is 7.42. The Morgan fingerprint density at radius 2 is 1.91 bits per heavy atom. The van der Waals surface area contributed by atoms with Crippen molar-refractivity contribution >= 4 is 11.2 Å². The van der Waals surface area contributed by atoms with Crippen molar-refractivity contribution in [2.24, 2.45) is 0 Å². The Bertz CT molecular complexity index is 282. The van der Waals surface area contributed by atoms with Crippen LogP contribution in [0.15, 0.2) is 18.6 Å². The highest BCUT2D eigenvalue weighted by Gasteiger charge is 1.92. The summed E-state index contributed by atoms with van der Waals surface area (Å²) >= 11 is 0. The normalized spacial score (nSPS) is 9.09. The molecule has 0 saturated carbocycles. The maximum absolute atomic E-state index is 3.95. The summed E-state index contributed by atoms with van der Waals surface area (Å²) in [6, 6.07) is 0. The molecule has 0 saturated heterocycles. The lowest BCUT2D eigenvalue weighted by Gasteiger charge is -1.87. The van der Waals surface area contributed by atoms with Gasteiger partial charge in [-0.1, -0.05) is 0 Å². The molecule has 0 amide bonds. The molecule has 0 aliphatic heterocycles. The SMILES string of the molecule is N.c1cnc2nnncc2n1. The Morgan fingerprint density at radius 3 is 2.73 bits per heavy atom. The standard InChI is InChI=1S/C5H3N5.H3N/c1-2-7-5-4(6-1)3-8-10-9-5;/h1-3H;1H3. The monoisotopic (exact) mass is 150 g/mol. The van der Waals surface area contributed by atoms with Gasteiger partial charge < -0.3 is 6.15 Å². The third kappa shape index (κ3) is 1.24. The highest BCUT2D eigenvalue weighted by Crippen LogP contribution is 1.96. The second-order valence-electron chi connectivity index (χ2n) is 1.70. The fraction of sp³-hybridized carbons (Fsp3) is 0. The van der Waals surface area contributed by atoms with Crippen LogP contribution in [0.5, 0.6) is 0 Å². The van der Waals surface area contributed by atoms with Crippen molar-refractivity contribution in [2.45, 2.75) is 0 Å². The second kappa shape index (κ2) is 2.93. The van der Waals surface area contributed by atoms with Gasteiger partial charge in [0.1, 0.15) is 5.52 Å². The summed E-state index contributed by atoms with van der Waals surface area (Å²) < 4.78 is 0. The molecule has 0 bridgehead atoms. The van der Waals surface area contributed by atoms with Crippen LogP contribution in [0.3, 0.4) is 0 Å². The van der Waals surface area contributed by atoms with E-state index in [0.29, 0.717) is 11.2 Å². The Kier molecular flexibility index (Phi) is 1.98. The summed E-state index contributed by atoms with van der Waals surface area (Å²) in [5.74, 6) is 0. The highest BCUT2D eigenvalue weighted by atomic mass is 15.3. The van der Waals surface area contributed by atoms with Gasteiger partial charge in [0.05, 0.1) is 6.20 Å². The molecule has 0 aliphatic carbocycles. The van der Waals surface area contributed by atoms with Crippen molar-refractivity contribution in [1.82, 2.24) is 31.5 Å². The average molecular weight is 150 g/mol. The van der Waals surface area contributed by atoms with E-state index < -0.39 is 0 Å². The fourth-order valence-corrected chi connectivity index (χ4v) is 0.658. The van der Waals surface area contributed by atoms with Crippen LogP contribution in [-0.2, 0) is 0 Å². The van der Waals surface area contributed by atoms with E-state index in [9.17, 15) is 0 Å². The molecule has 2 rings (SSSR count). The molecule has 6 heteroatoms. The molecule has 0 unspecified atom stereocenters. The van der Waals surface area contributed by atoms with Gasteiger partial charge in [0.2, 0.25) is 5.65 Å². The van der Waals surface area contributed by atoms with Crippen molar-refractivity contribution in [1.29, 1.82) is 0 Å². The lowest BCUT2D eigenvalue weighted by Crippen LogP contribution is -1.90. The minimum Gasteiger partial charge on any atom is -0.344 e. The first-order chi connectivity index (χ1) is 4.97. The molecule has 2 aromatic heterocycles. The van der Waals surface area contributed by atoms with Crippen LogP contribution in [0.4, 0.5) is 0 Å². The number of rotatable bonds is 0. The second-order valence-corrected chi connectivity index (χ2v) is 1.70. The van der Waals surface area contributed by atoms with E-state index in [-0.39, 0.29) is 6.15 Å². The molecule has 0 spiro atoms. The maximum Gasteiger partial charge on any atom is 0.203 e. The van der Waals surface area contributed by atoms with Crippen LogP contribution in [-0.4, -0.2) is 25.4 Å². The molecule has 0 atom stereocenters. The molecule has 11 heavy (non-hydrogen) atoms. The van der Waals surface area contributed by atoms with E-state index in [4.69, 9.17) is 0 Å². The zero-order valence-corrected chi connectivity index (χ0v) is 5.68. The van der Waals surface area contributed by atoms with Gasteiger partial charge in [-0.15, -0.1) is 10.2 Å². The van der Waals surface area contributed by atoms with Gasteiger partial charge in [0, 0.05) is 12.4 Å². The van der Waals surface area contributed by atoms with E-state index in [0.717, 1.165) is 0 Å². The van der Waals surface area contributed by atoms with Gasteiger partial charge in [0.25, 0.3) is 0 Å². The van der Waals surface area contributed by atoms with E-state index in [1.54, 1.807) is 12.4 Å². The Hall–Kier alpha value is -1.69. The Balaban J connectivity index is 0.000000605. The summed E-state index contributed by atoms with van der Waals surface area (Å²) in [4.78, 5) is 7.86. The van der Waals surface area contributed by atoms with Crippen LogP contribution in [0, 0.1) is 0 Å². The number of nitrogens with zero attached hydrogens (tertiary/aromatic N) is 5. The van der Waals surface area contributed by atoms with Gasteiger partial charge in [-0.3, -0.25) is 0 Å². The van der Waals surface area contributed by atoms with Gasteiger partial charge in [-0.2, -0.15) is 0 Å². The Labute approximate surface area is 62.3 Å². The zero-order chi connectivity index (χ0) is 6.81. The third-order valence-corrected chi connectivity index (χ3v) is 1.08. The van der Waals surface area contributed by atoms with Gasteiger partial charge in [0.15, 0.2) is 0 Å². The van der Waals surface area contributed by atoms with E-state index in [1.165, 1.54) is 6.20 Å². The Morgan fingerprint density at radius 1 is 1.09 bits per heavy atom. The summed E-state index contributed by atoms with van der Waals surface area (Å²) in [7, 11) is 0. The molecular weight excluding hydrogens is 144 g/mol. The minimum absolute atomic E-state index is 0. The van der Waals surface area contributed by atoms with Crippen LogP contribution in [0.1, 0.15) is 0 Å². The van der Waals surface area contributed by atoms with Crippen molar-refractivity contribution in [3.05, 3.63) is 18.6 Å². The molecular formula is C5H6N6. The van der Waals surface area contributed by atoms with Crippen LogP contribution < -0.4 is 6.15 Å². The van der Waals surface area contributed by atoms with E-state index in [2.05, 4.69) is 25.4 Å². The molecule has 56 valence electrons. The predicted octanol–water partition coefficient (Wildman–Crippen LogP) is -0.0232. The third-order valence-electron chi connectivity index (χ3n) is 1.08. The molecule has 6 nitrogen and oxygen atoms in total. The average Bonchev–Trinajstić information content (AvgIpc) is 2.05. The van der Waals surface area contributed by atoms with Crippen molar-refractivity contribution in [2.75, 3.05) is 0 Å². The van der Waals surface area contributed by atoms with Gasteiger partial charge in [-0.25, -0.2) is 9.97 Å². The maximum atomic E-state index is 3.95. The summed E-state index contributed by atoms with van der Waals surface area (Å²) in [5, 5.41) is 10.6. The van der Waals surface area contributed by atoms with Gasteiger partial charge >= 0.3 is 0 Å². The van der Waals surface area contributed by atoms with Crippen molar-refractivity contribution < 1.29 is 0 Å². The summed E-state index contributed by atoms with van der Waals surface area (Å²) in [5.41, 5.74) is 1.19. The quantitative estimate of drug-likeness (QED) is 0.566. The van der Waals surface area contributed by atoms with E-state index in [1.807, 2.05) is 0 Å². The molecule has 2 heterocycles. The number of fused-ring (bicyclic) bond motifs is 1. The number of aromatic nitrogens is 5. The van der Waals surface area contributed by atoms with Crippen molar-refractivity contribution in [3.8, 4) is 0 Å². The molecule has 2 aromatic rings. The topological polar surface area (TPSA) is 99.5 Å². The smallest absolute Gasteiger partial charge is 0.203 e. The first-order valence-electron chi connectivity index (χ1n) is 2.72. The van der Waals surface area contributed by atoms with Gasteiger partial charge in [-0.05, 0) is 5.21 Å².